The molecule has 2 N–H and O–H groups in total. The lowest BCUT2D eigenvalue weighted by Crippen LogP contribution is -2.31. The molecular weight excluding hydrogens is 312 g/mol. The molecule has 0 saturated heterocycles. The van der Waals surface area contributed by atoms with Crippen molar-refractivity contribution in [2.75, 3.05) is 25.5 Å². The largest absolute Gasteiger partial charge is 0.495 e. The zero-order valence-corrected chi connectivity index (χ0v) is 14.1. The Bertz CT molecular complexity index is 674. The average molecular weight is 333 g/mol. The van der Waals surface area contributed by atoms with Crippen LogP contribution in [0.2, 0.25) is 5.02 Å². The van der Waals surface area contributed by atoms with Crippen molar-refractivity contribution >= 4 is 23.2 Å². The van der Waals surface area contributed by atoms with E-state index in [1.807, 2.05) is 49.4 Å². The second-order valence-corrected chi connectivity index (χ2v) is 5.72. The van der Waals surface area contributed by atoms with E-state index in [4.69, 9.17) is 16.3 Å². The van der Waals surface area contributed by atoms with Gasteiger partial charge >= 0.3 is 0 Å². The minimum absolute atomic E-state index is 0.0596. The van der Waals surface area contributed by atoms with Gasteiger partial charge in [0.25, 0.3) is 0 Å². The predicted octanol–water partition coefficient (Wildman–Crippen LogP) is 3.43. The van der Waals surface area contributed by atoms with Crippen molar-refractivity contribution < 1.29 is 9.53 Å². The third-order valence-electron chi connectivity index (χ3n) is 3.42. The summed E-state index contributed by atoms with van der Waals surface area (Å²) < 4.78 is 5.28. The Morgan fingerprint density at radius 1 is 1.22 bits per heavy atom. The van der Waals surface area contributed by atoms with Gasteiger partial charge in [0.1, 0.15) is 5.75 Å². The summed E-state index contributed by atoms with van der Waals surface area (Å²) in [6, 6.07) is 13.5. The van der Waals surface area contributed by atoms with E-state index < -0.39 is 0 Å². The van der Waals surface area contributed by atoms with Crippen LogP contribution in [0.15, 0.2) is 42.5 Å². The molecule has 0 saturated carbocycles. The number of ether oxygens (including phenoxy) is 1. The molecule has 0 aliphatic heterocycles. The van der Waals surface area contributed by atoms with E-state index in [2.05, 4.69) is 10.6 Å². The van der Waals surface area contributed by atoms with Crippen LogP contribution >= 0.6 is 11.6 Å². The molecule has 5 heteroatoms. The van der Waals surface area contributed by atoms with Crippen LogP contribution in [0.5, 0.6) is 5.75 Å². The summed E-state index contributed by atoms with van der Waals surface area (Å²) in [5.74, 6) is 0.665. The Balaban J connectivity index is 1.78. The molecule has 2 rings (SSSR count). The maximum atomic E-state index is 11.9. The summed E-state index contributed by atoms with van der Waals surface area (Å²) in [7, 11) is 1.61. The van der Waals surface area contributed by atoms with Crippen LogP contribution in [0, 0.1) is 6.92 Å². The number of rotatable bonds is 7. The van der Waals surface area contributed by atoms with Crippen molar-refractivity contribution in [1.82, 2.24) is 5.32 Å². The molecule has 0 heterocycles. The van der Waals surface area contributed by atoms with Gasteiger partial charge < -0.3 is 15.4 Å². The third kappa shape index (κ3) is 5.49. The fourth-order valence-electron chi connectivity index (χ4n) is 2.24. The first-order valence-electron chi connectivity index (χ1n) is 7.48. The number of amides is 1. The summed E-state index contributed by atoms with van der Waals surface area (Å²) in [5, 5.41) is 6.70. The van der Waals surface area contributed by atoms with Crippen molar-refractivity contribution in [2.24, 2.45) is 0 Å². The van der Waals surface area contributed by atoms with Crippen LogP contribution in [-0.2, 0) is 11.2 Å². The average Bonchev–Trinajstić information content (AvgIpc) is 2.53. The molecule has 23 heavy (non-hydrogen) atoms. The molecule has 0 spiro atoms. The lowest BCUT2D eigenvalue weighted by Gasteiger charge is -2.12. The molecule has 2 aromatic rings. The van der Waals surface area contributed by atoms with Gasteiger partial charge in [-0.15, -0.1) is 0 Å². The molecule has 0 aliphatic rings. The number of methoxy groups -OCH3 is 1. The molecule has 0 unspecified atom stereocenters. The van der Waals surface area contributed by atoms with Crippen molar-refractivity contribution in [3.05, 3.63) is 58.6 Å². The van der Waals surface area contributed by atoms with E-state index in [9.17, 15) is 4.79 Å². The summed E-state index contributed by atoms with van der Waals surface area (Å²) >= 11 is 5.94. The molecule has 0 aliphatic carbocycles. The second-order valence-electron chi connectivity index (χ2n) is 5.29. The second kappa shape index (κ2) is 8.44. The van der Waals surface area contributed by atoms with Crippen molar-refractivity contribution in [3.8, 4) is 5.75 Å². The van der Waals surface area contributed by atoms with Gasteiger partial charge in [0.2, 0.25) is 5.91 Å². The Morgan fingerprint density at radius 3 is 2.78 bits per heavy atom. The van der Waals surface area contributed by atoms with Crippen LogP contribution in [0.25, 0.3) is 0 Å². The fourth-order valence-corrected chi connectivity index (χ4v) is 2.45. The highest BCUT2D eigenvalue weighted by atomic mass is 35.5. The predicted molar refractivity (Wildman–Crippen MR) is 94.4 cm³/mol. The smallest absolute Gasteiger partial charge is 0.239 e. The number of nitrogens with one attached hydrogen (secondary N) is 2. The van der Waals surface area contributed by atoms with Gasteiger partial charge in [-0.05, 0) is 48.7 Å². The number of anilines is 1. The van der Waals surface area contributed by atoms with E-state index in [0.29, 0.717) is 11.6 Å². The first-order valence-corrected chi connectivity index (χ1v) is 7.86. The number of carbonyl (C=O) groups excluding carboxylic acids is 1. The van der Waals surface area contributed by atoms with E-state index in [0.717, 1.165) is 29.0 Å². The van der Waals surface area contributed by atoms with Crippen LogP contribution in [0.3, 0.4) is 0 Å². The van der Waals surface area contributed by atoms with E-state index >= 15 is 0 Å². The Hall–Kier alpha value is -2.20. The Morgan fingerprint density at radius 2 is 2.04 bits per heavy atom. The number of aryl methyl sites for hydroxylation is 1. The number of hydrogen-bond donors (Lipinski definition) is 2. The lowest BCUT2D eigenvalue weighted by atomic mass is 10.1. The number of halogens is 1. The number of hydrogen-bond acceptors (Lipinski definition) is 3. The quantitative estimate of drug-likeness (QED) is 0.816. The summed E-state index contributed by atoms with van der Waals surface area (Å²) in [6.07, 6.45) is 0.750. The monoisotopic (exact) mass is 332 g/mol. The van der Waals surface area contributed by atoms with E-state index in [1.54, 1.807) is 7.11 Å². The van der Waals surface area contributed by atoms with E-state index in [-0.39, 0.29) is 12.5 Å². The normalized spacial score (nSPS) is 10.2. The molecular formula is C18H21ClN2O2. The fraction of sp³-hybridized carbons (Fsp3) is 0.278. The van der Waals surface area contributed by atoms with Crippen molar-refractivity contribution in [1.29, 1.82) is 0 Å². The standard InChI is InChI=1S/C18H21ClN2O2/c1-13-6-7-17(23-2)16(10-13)21-12-18(22)20-9-8-14-4-3-5-15(19)11-14/h3-7,10-11,21H,8-9,12H2,1-2H3,(H,20,22). The van der Waals surface area contributed by atoms with Gasteiger partial charge in [-0.3, -0.25) is 4.79 Å². The topological polar surface area (TPSA) is 50.4 Å². The first-order chi connectivity index (χ1) is 11.1. The molecule has 122 valence electrons. The van der Waals surface area contributed by atoms with Crippen LogP contribution in [-0.4, -0.2) is 26.1 Å². The highest BCUT2D eigenvalue weighted by Crippen LogP contribution is 2.24. The summed E-state index contributed by atoms with van der Waals surface area (Å²) in [5.41, 5.74) is 3.03. The molecule has 0 radical (unpaired) electrons. The number of benzene rings is 2. The Kier molecular flexibility index (Phi) is 6.29. The number of carbonyl (C=O) groups is 1. The maximum absolute atomic E-state index is 11.9. The van der Waals surface area contributed by atoms with Crippen molar-refractivity contribution in [3.63, 3.8) is 0 Å². The van der Waals surface area contributed by atoms with Gasteiger partial charge in [0.05, 0.1) is 19.3 Å². The summed E-state index contributed by atoms with van der Waals surface area (Å²) in [4.78, 5) is 11.9. The van der Waals surface area contributed by atoms with E-state index in [1.165, 1.54) is 0 Å². The van der Waals surface area contributed by atoms with Crippen LogP contribution in [0.4, 0.5) is 5.69 Å². The zero-order chi connectivity index (χ0) is 16.7. The SMILES string of the molecule is COc1ccc(C)cc1NCC(=O)NCCc1cccc(Cl)c1. The maximum Gasteiger partial charge on any atom is 0.239 e. The highest BCUT2D eigenvalue weighted by molar-refractivity contribution is 6.30. The molecule has 0 bridgehead atoms. The van der Waals surface area contributed by atoms with Gasteiger partial charge in [-0.1, -0.05) is 29.8 Å². The molecule has 1 amide bonds. The van der Waals surface area contributed by atoms with Crippen LogP contribution < -0.4 is 15.4 Å². The minimum Gasteiger partial charge on any atom is -0.495 e. The summed E-state index contributed by atoms with van der Waals surface area (Å²) in [6.45, 7) is 2.77. The van der Waals surface area contributed by atoms with Crippen molar-refractivity contribution in [2.45, 2.75) is 13.3 Å². The van der Waals surface area contributed by atoms with Gasteiger partial charge in [0.15, 0.2) is 0 Å². The van der Waals surface area contributed by atoms with Gasteiger partial charge in [0, 0.05) is 11.6 Å². The van der Waals surface area contributed by atoms with Crippen LogP contribution in [0.1, 0.15) is 11.1 Å². The molecule has 0 fully saturated rings. The minimum atomic E-state index is -0.0596. The Labute approximate surface area is 141 Å². The third-order valence-corrected chi connectivity index (χ3v) is 3.65. The highest BCUT2D eigenvalue weighted by Gasteiger charge is 2.06. The zero-order valence-electron chi connectivity index (χ0n) is 13.4. The van der Waals surface area contributed by atoms with Gasteiger partial charge in [-0.25, -0.2) is 0 Å². The molecule has 0 atom stereocenters. The molecule has 0 aromatic heterocycles. The molecule has 2 aromatic carbocycles. The lowest BCUT2D eigenvalue weighted by molar-refractivity contribution is -0.119. The molecule has 4 nitrogen and oxygen atoms in total. The first kappa shape index (κ1) is 17.2. The van der Waals surface area contributed by atoms with Gasteiger partial charge in [-0.2, -0.15) is 0 Å².